The molecule has 2 N–H and O–H groups in total. The quantitative estimate of drug-likeness (QED) is 0.763. The predicted molar refractivity (Wildman–Crippen MR) is 51.0 cm³/mol. The van der Waals surface area contributed by atoms with Crippen LogP contribution in [0.15, 0.2) is 24.9 Å². The van der Waals surface area contributed by atoms with E-state index in [0.717, 1.165) is 5.82 Å². The van der Waals surface area contributed by atoms with Gasteiger partial charge in [-0.25, -0.2) is 9.97 Å². The number of hydrogen-bond acceptors (Lipinski definition) is 3. The Morgan fingerprint density at radius 1 is 1.64 bits per heavy atom. The van der Waals surface area contributed by atoms with Crippen LogP contribution in [0.5, 0.6) is 0 Å². The SMILES string of the molecule is CCC(O)c1ncc(-n2ccnc2)[nH]1. The van der Waals surface area contributed by atoms with Crippen molar-refractivity contribution in [3.8, 4) is 5.82 Å². The number of rotatable bonds is 3. The van der Waals surface area contributed by atoms with Crippen LogP contribution in [0.25, 0.3) is 5.82 Å². The molecule has 0 radical (unpaired) electrons. The molecule has 14 heavy (non-hydrogen) atoms. The highest BCUT2D eigenvalue weighted by Gasteiger charge is 2.09. The van der Waals surface area contributed by atoms with E-state index in [1.54, 1.807) is 23.3 Å². The fraction of sp³-hybridized carbons (Fsp3) is 0.333. The van der Waals surface area contributed by atoms with Crippen molar-refractivity contribution in [3.63, 3.8) is 0 Å². The van der Waals surface area contributed by atoms with Crippen molar-refractivity contribution >= 4 is 0 Å². The van der Waals surface area contributed by atoms with Gasteiger partial charge < -0.3 is 10.1 Å². The molecule has 5 heteroatoms. The summed E-state index contributed by atoms with van der Waals surface area (Å²) in [5.74, 6) is 1.40. The van der Waals surface area contributed by atoms with Crippen molar-refractivity contribution in [2.75, 3.05) is 0 Å². The van der Waals surface area contributed by atoms with E-state index in [1.807, 2.05) is 13.1 Å². The van der Waals surface area contributed by atoms with E-state index < -0.39 is 6.10 Å². The van der Waals surface area contributed by atoms with E-state index >= 15 is 0 Å². The Kier molecular flexibility index (Phi) is 2.32. The standard InChI is InChI=1S/C9H12N4O/c1-2-7(14)9-11-5-8(12-9)13-4-3-10-6-13/h3-7,14H,2H2,1H3,(H,11,12). The Morgan fingerprint density at radius 3 is 3.14 bits per heavy atom. The largest absolute Gasteiger partial charge is 0.385 e. The number of aromatic nitrogens is 4. The van der Waals surface area contributed by atoms with E-state index in [0.29, 0.717) is 12.2 Å². The maximum atomic E-state index is 9.52. The summed E-state index contributed by atoms with van der Waals surface area (Å²) in [5, 5.41) is 9.52. The first-order chi connectivity index (χ1) is 6.81. The number of nitrogens with one attached hydrogen (secondary N) is 1. The molecule has 1 atom stereocenters. The summed E-state index contributed by atoms with van der Waals surface area (Å²) in [6.45, 7) is 1.91. The first kappa shape index (κ1) is 8.96. The van der Waals surface area contributed by atoms with Crippen LogP contribution in [0, 0.1) is 0 Å². The lowest BCUT2D eigenvalue weighted by Crippen LogP contribution is -1.98. The average Bonchev–Trinajstić information content (AvgIpc) is 2.86. The van der Waals surface area contributed by atoms with Gasteiger partial charge in [0.2, 0.25) is 0 Å². The molecule has 2 aromatic rings. The molecule has 0 saturated carbocycles. The minimum Gasteiger partial charge on any atom is -0.385 e. The Morgan fingerprint density at radius 2 is 2.50 bits per heavy atom. The summed E-state index contributed by atoms with van der Waals surface area (Å²) in [6.07, 6.45) is 6.99. The van der Waals surface area contributed by atoms with Crippen LogP contribution in [0.3, 0.4) is 0 Å². The van der Waals surface area contributed by atoms with Gasteiger partial charge in [0.25, 0.3) is 0 Å². The normalized spacial score (nSPS) is 13.0. The van der Waals surface area contributed by atoms with Crippen molar-refractivity contribution in [2.45, 2.75) is 19.4 Å². The predicted octanol–water partition coefficient (Wildman–Crippen LogP) is 1.04. The van der Waals surface area contributed by atoms with E-state index in [2.05, 4.69) is 15.0 Å². The maximum Gasteiger partial charge on any atom is 0.136 e. The molecule has 0 amide bonds. The fourth-order valence-electron chi connectivity index (χ4n) is 1.22. The first-order valence-corrected chi connectivity index (χ1v) is 4.52. The van der Waals surface area contributed by atoms with Crippen LogP contribution in [0.1, 0.15) is 25.3 Å². The molecule has 2 aromatic heterocycles. The third-order valence-electron chi connectivity index (χ3n) is 2.07. The van der Waals surface area contributed by atoms with Crippen molar-refractivity contribution in [1.82, 2.24) is 19.5 Å². The molecule has 2 heterocycles. The highest BCUT2D eigenvalue weighted by molar-refractivity contribution is 5.20. The molecule has 0 aliphatic carbocycles. The van der Waals surface area contributed by atoms with Crippen molar-refractivity contribution in [2.24, 2.45) is 0 Å². The number of nitrogens with zero attached hydrogens (tertiary/aromatic N) is 3. The van der Waals surface area contributed by atoms with Crippen LogP contribution in [0.4, 0.5) is 0 Å². The average molecular weight is 192 g/mol. The number of aliphatic hydroxyl groups excluding tert-OH is 1. The highest BCUT2D eigenvalue weighted by Crippen LogP contribution is 2.13. The molecule has 0 aromatic carbocycles. The Balaban J connectivity index is 2.26. The monoisotopic (exact) mass is 192 g/mol. The van der Waals surface area contributed by atoms with Gasteiger partial charge in [-0.3, -0.25) is 4.57 Å². The van der Waals surface area contributed by atoms with Crippen LogP contribution in [-0.4, -0.2) is 24.6 Å². The van der Waals surface area contributed by atoms with Gasteiger partial charge >= 0.3 is 0 Å². The van der Waals surface area contributed by atoms with Gasteiger partial charge in [0.05, 0.1) is 6.20 Å². The van der Waals surface area contributed by atoms with Crippen LogP contribution < -0.4 is 0 Å². The van der Waals surface area contributed by atoms with Gasteiger partial charge in [-0.15, -0.1) is 0 Å². The van der Waals surface area contributed by atoms with E-state index in [9.17, 15) is 5.11 Å². The molecule has 0 aliphatic rings. The molecular weight excluding hydrogens is 180 g/mol. The molecular formula is C9H12N4O. The van der Waals surface area contributed by atoms with E-state index in [1.165, 1.54) is 0 Å². The third-order valence-corrected chi connectivity index (χ3v) is 2.07. The van der Waals surface area contributed by atoms with Gasteiger partial charge in [-0.2, -0.15) is 0 Å². The molecule has 0 aliphatic heterocycles. The number of aliphatic hydroxyl groups is 1. The minimum absolute atomic E-state index is 0.521. The Hall–Kier alpha value is -1.62. The summed E-state index contributed by atoms with van der Waals surface area (Å²) in [5.41, 5.74) is 0. The van der Waals surface area contributed by atoms with E-state index in [4.69, 9.17) is 0 Å². The van der Waals surface area contributed by atoms with Crippen LogP contribution in [0.2, 0.25) is 0 Å². The topological polar surface area (TPSA) is 66.7 Å². The second-order valence-electron chi connectivity index (χ2n) is 3.05. The molecule has 2 rings (SSSR count). The second kappa shape index (κ2) is 3.63. The molecule has 1 unspecified atom stereocenters. The zero-order valence-corrected chi connectivity index (χ0v) is 7.88. The first-order valence-electron chi connectivity index (χ1n) is 4.52. The highest BCUT2D eigenvalue weighted by atomic mass is 16.3. The van der Waals surface area contributed by atoms with Gasteiger partial charge in [-0.1, -0.05) is 6.92 Å². The fourth-order valence-corrected chi connectivity index (χ4v) is 1.22. The summed E-state index contributed by atoms with van der Waals surface area (Å²) < 4.78 is 1.80. The summed E-state index contributed by atoms with van der Waals surface area (Å²) in [4.78, 5) is 11.0. The summed E-state index contributed by atoms with van der Waals surface area (Å²) in [7, 11) is 0. The summed E-state index contributed by atoms with van der Waals surface area (Å²) in [6, 6.07) is 0. The molecule has 0 spiro atoms. The number of imidazole rings is 2. The zero-order valence-electron chi connectivity index (χ0n) is 7.88. The van der Waals surface area contributed by atoms with Crippen molar-refractivity contribution in [1.29, 1.82) is 0 Å². The zero-order chi connectivity index (χ0) is 9.97. The molecule has 0 bridgehead atoms. The van der Waals surface area contributed by atoms with Gasteiger partial charge in [0.1, 0.15) is 24.1 Å². The Labute approximate surface area is 81.4 Å². The van der Waals surface area contributed by atoms with Crippen molar-refractivity contribution in [3.05, 3.63) is 30.7 Å². The third kappa shape index (κ3) is 1.54. The van der Waals surface area contributed by atoms with Crippen LogP contribution in [-0.2, 0) is 0 Å². The smallest absolute Gasteiger partial charge is 0.136 e. The number of H-pyrrole nitrogens is 1. The number of aromatic amines is 1. The second-order valence-corrected chi connectivity index (χ2v) is 3.05. The lowest BCUT2D eigenvalue weighted by atomic mass is 10.3. The summed E-state index contributed by atoms with van der Waals surface area (Å²) >= 11 is 0. The minimum atomic E-state index is -0.521. The van der Waals surface area contributed by atoms with Gasteiger partial charge in [-0.05, 0) is 6.42 Å². The molecule has 74 valence electrons. The van der Waals surface area contributed by atoms with Gasteiger partial charge in [0, 0.05) is 12.4 Å². The van der Waals surface area contributed by atoms with Gasteiger partial charge in [0.15, 0.2) is 0 Å². The molecule has 0 fully saturated rings. The van der Waals surface area contributed by atoms with Crippen molar-refractivity contribution < 1.29 is 5.11 Å². The lowest BCUT2D eigenvalue weighted by molar-refractivity contribution is 0.164. The molecule has 0 saturated heterocycles. The number of hydrogen-bond donors (Lipinski definition) is 2. The van der Waals surface area contributed by atoms with E-state index in [-0.39, 0.29) is 0 Å². The maximum absolute atomic E-state index is 9.52. The molecule has 5 nitrogen and oxygen atoms in total. The van der Waals surface area contributed by atoms with Crippen LogP contribution >= 0.6 is 0 Å². The lowest BCUT2D eigenvalue weighted by Gasteiger charge is -2.02. The Bertz CT molecular complexity index is 393.